The largest absolute Gasteiger partial charge is 0.363 e. The monoisotopic (exact) mass is 315 g/mol. The first-order valence-corrected chi connectivity index (χ1v) is 7.22. The van der Waals surface area contributed by atoms with Crippen LogP contribution in [0.2, 0.25) is 0 Å². The molecule has 2 amide bonds. The van der Waals surface area contributed by atoms with E-state index in [0.717, 1.165) is 17.1 Å². The minimum absolute atomic E-state index is 0.113. The van der Waals surface area contributed by atoms with Crippen molar-refractivity contribution >= 4 is 17.5 Å². The highest BCUT2D eigenvalue weighted by Gasteiger charge is 2.07. The first-order valence-electron chi connectivity index (χ1n) is 7.22. The van der Waals surface area contributed by atoms with Crippen LogP contribution in [0.1, 0.15) is 11.3 Å². The van der Waals surface area contributed by atoms with E-state index >= 15 is 0 Å². The van der Waals surface area contributed by atoms with Crippen LogP contribution in [0.4, 0.5) is 16.3 Å². The van der Waals surface area contributed by atoms with Gasteiger partial charge in [0.05, 0.1) is 17.9 Å². The molecule has 0 spiro atoms. The van der Waals surface area contributed by atoms with Gasteiger partial charge in [-0.3, -0.25) is 4.79 Å². The van der Waals surface area contributed by atoms with Gasteiger partial charge in [-0.05, 0) is 24.6 Å². The molecule has 0 unspecified atom stereocenters. The normalized spacial score (nSPS) is 10.3. The summed E-state index contributed by atoms with van der Waals surface area (Å²) in [5.74, 6) is 0.832. The molecule has 0 bridgehead atoms. The van der Waals surface area contributed by atoms with E-state index in [4.69, 9.17) is 0 Å². The van der Waals surface area contributed by atoms with Gasteiger partial charge >= 0.3 is 6.03 Å². The van der Waals surface area contributed by atoms with Crippen LogP contribution in [0, 0.1) is 6.92 Å². The molecule has 0 radical (unpaired) electrons. The first-order chi connectivity index (χ1) is 10.9. The maximum atomic E-state index is 12.0. The Labute approximate surface area is 135 Å². The van der Waals surface area contributed by atoms with Crippen molar-refractivity contribution < 1.29 is 4.79 Å². The number of amides is 2. The zero-order chi connectivity index (χ0) is 17.0. The Hall–Kier alpha value is -2.83. The summed E-state index contributed by atoms with van der Waals surface area (Å²) in [7, 11) is 5.46. The van der Waals surface area contributed by atoms with Crippen molar-refractivity contribution in [2.45, 2.75) is 13.5 Å². The molecule has 7 heteroatoms. The number of anilines is 2. The zero-order valence-electron chi connectivity index (χ0n) is 13.8. The van der Waals surface area contributed by atoms with Gasteiger partial charge in [0, 0.05) is 33.4 Å². The molecule has 0 aliphatic carbocycles. The molecule has 122 valence electrons. The van der Waals surface area contributed by atoms with Gasteiger partial charge < -0.3 is 20.1 Å². The molecule has 0 aliphatic heterocycles. The molecule has 23 heavy (non-hydrogen) atoms. The first kappa shape index (κ1) is 16.5. The lowest BCUT2D eigenvalue weighted by Gasteiger charge is -2.13. The second kappa shape index (κ2) is 6.95. The Bertz CT molecular complexity index is 767. The van der Waals surface area contributed by atoms with E-state index in [0.29, 0.717) is 12.2 Å². The quantitative estimate of drug-likeness (QED) is 0.895. The fourth-order valence-corrected chi connectivity index (χ4v) is 2.01. The molecular weight excluding hydrogens is 294 g/mol. The number of hydrogen-bond acceptors (Lipinski definition) is 4. The van der Waals surface area contributed by atoms with Gasteiger partial charge in [-0.15, -0.1) is 0 Å². The second-order valence-electron chi connectivity index (χ2n) is 5.51. The van der Waals surface area contributed by atoms with Crippen molar-refractivity contribution in [3.8, 4) is 0 Å². The lowest BCUT2D eigenvalue weighted by molar-refractivity contribution is 0.251. The van der Waals surface area contributed by atoms with Gasteiger partial charge in [0.2, 0.25) is 0 Å². The number of nitrogens with zero attached hydrogens (tertiary/aromatic N) is 3. The third-order valence-electron chi connectivity index (χ3n) is 3.36. The third-order valence-corrected chi connectivity index (χ3v) is 3.36. The van der Waals surface area contributed by atoms with Crippen LogP contribution in [0.25, 0.3) is 0 Å². The fraction of sp³-hybridized carbons (Fsp3) is 0.312. The summed E-state index contributed by atoms with van der Waals surface area (Å²) >= 11 is 0. The Morgan fingerprint density at radius 3 is 2.78 bits per heavy atom. The van der Waals surface area contributed by atoms with E-state index in [1.807, 2.05) is 37.2 Å². The maximum Gasteiger partial charge on any atom is 0.319 e. The van der Waals surface area contributed by atoms with Gasteiger partial charge in [-0.25, -0.2) is 9.78 Å². The predicted molar refractivity (Wildman–Crippen MR) is 90.8 cm³/mol. The number of nitrogens with one attached hydrogen (secondary N) is 2. The molecule has 0 aliphatic rings. The number of aromatic nitrogens is 2. The van der Waals surface area contributed by atoms with Gasteiger partial charge in [-0.2, -0.15) is 0 Å². The van der Waals surface area contributed by atoms with Crippen LogP contribution in [-0.4, -0.2) is 29.7 Å². The fourth-order valence-electron chi connectivity index (χ4n) is 2.01. The second-order valence-corrected chi connectivity index (χ2v) is 5.51. The summed E-state index contributed by atoms with van der Waals surface area (Å²) in [6.07, 6.45) is 1.60. The molecule has 2 aromatic heterocycles. The van der Waals surface area contributed by atoms with Crippen LogP contribution < -0.4 is 21.1 Å². The number of carbonyl (C=O) groups is 1. The minimum atomic E-state index is -0.344. The summed E-state index contributed by atoms with van der Waals surface area (Å²) < 4.78 is 1.42. The standard InChI is InChI=1S/C16H21N5O2/c1-11-8-15(22)21(4)10-13(11)19-16(23)17-9-12-6-5-7-14(18-12)20(2)3/h5-8,10H,9H2,1-4H3,(H2,17,19,23). The number of hydrogen-bond donors (Lipinski definition) is 2. The van der Waals surface area contributed by atoms with Crippen LogP contribution in [-0.2, 0) is 13.6 Å². The van der Waals surface area contributed by atoms with E-state index in [9.17, 15) is 9.59 Å². The van der Waals surface area contributed by atoms with E-state index in [2.05, 4.69) is 15.6 Å². The summed E-state index contributed by atoms with van der Waals surface area (Å²) in [5, 5.41) is 5.49. The van der Waals surface area contributed by atoms with Crippen LogP contribution >= 0.6 is 0 Å². The van der Waals surface area contributed by atoms with Crippen LogP contribution in [0.5, 0.6) is 0 Å². The Morgan fingerprint density at radius 1 is 1.35 bits per heavy atom. The molecule has 2 N–H and O–H groups in total. The Balaban J connectivity index is 1.99. The van der Waals surface area contributed by atoms with Crippen molar-refractivity contribution in [3.05, 3.63) is 52.1 Å². The predicted octanol–water partition coefficient (Wildman–Crippen LogP) is 1.48. The SMILES string of the molecule is Cc1cc(=O)n(C)cc1NC(=O)NCc1cccc(N(C)C)n1. The molecular formula is C16H21N5O2. The molecule has 2 rings (SSSR count). The summed E-state index contributed by atoms with van der Waals surface area (Å²) in [6, 6.07) is 6.79. The maximum absolute atomic E-state index is 12.0. The van der Waals surface area contributed by atoms with Gasteiger partial charge in [0.15, 0.2) is 0 Å². The van der Waals surface area contributed by atoms with Crippen molar-refractivity contribution in [1.82, 2.24) is 14.9 Å². The highest BCUT2D eigenvalue weighted by atomic mass is 16.2. The van der Waals surface area contributed by atoms with Crippen molar-refractivity contribution in [1.29, 1.82) is 0 Å². The zero-order valence-corrected chi connectivity index (χ0v) is 13.8. The van der Waals surface area contributed by atoms with E-state index in [1.54, 1.807) is 20.2 Å². The van der Waals surface area contributed by atoms with Crippen LogP contribution in [0.15, 0.2) is 35.3 Å². The lowest BCUT2D eigenvalue weighted by Crippen LogP contribution is -2.30. The number of urea groups is 1. The van der Waals surface area contributed by atoms with Crippen molar-refractivity contribution in [2.75, 3.05) is 24.3 Å². The highest BCUT2D eigenvalue weighted by Crippen LogP contribution is 2.11. The minimum Gasteiger partial charge on any atom is -0.363 e. The molecule has 2 aromatic rings. The summed E-state index contributed by atoms with van der Waals surface area (Å²) in [4.78, 5) is 29.8. The van der Waals surface area contributed by atoms with Crippen molar-refractivity contribution in [3.63, 3.8) is 0 Å². The van der Waals surface area contributed by atoms with Gasteiger partial charge in [0.25, 0.3) is 5.56 Å². The summed E-state index contributed by atoms with van der Waals surface area (Å²) in [5.41, 5.74) is 1.97. The topological polar surface area (TPSA) is 79.3 Å². The van der Waals surface area contributed by atoms with Crippen molar-refractivity contribution in [2.24, 2.45) is 7.05 Å². The molecule has 0 saturated carbocycles. The molecule has 0 aromatic carbocycles. The number of rotatable bonds is 4. The summed E-state index contributed by atoms with van der Waals surface area (Å²) in [6.45, 7) is 2.09. The molecule has 7 nitrogen and oxygen atoms in total. The molecule has 2 heterocycles. The van der Waals surface area contributed by atoms with Gasteiger partial charge in [-0.1, -0.05) is 6.07 Å². The van der Waals surface area contributed by atoms with E-state index in [-0.39, 0.29) is 11.6 Å². The Morgan fingerprint density at radius 2 is 2.09 bits per heavy atom. The van der Waals surface area contributed by atoms with E-state index in [1.165, 1.54) is 10.6 Å². The van der Waals surface area contributed by atoms with Crippen LogP contribution in [0.3, 0.4) is 0 Å². The van der Waals surface area contributed by atoms with E-state index < -0.39 is 0 Å². The number of aryl methyl sites for hydroxylation is 2. The lowest BCUT2D eigenvalue weighted by atomic mass is 10.2. The third kappa shape index (κ3) is 4.32. The number of carbonyl (C=O) groups excluding carboxylic acids is 1. The molecule has 0 saturated heterocycles. The van der Waals surface area contributed by atoms with Gasteiger partial charge in [0.1, 0.15) is 5.82 Å². The molecule has 0 fully saturated rings. The highest BCUT2D eigenvalue weighted by molar-refractivity contribution is 5.89. The smallest absolute Gasteiger partial charge is 0.319 e. The molecule has 0 atom stereocenters. The number of pyridine rings is 2. The average molecular weight is 315 g/mol. The Kier molecular flexibility index (Phi) is 5.00. The average Bonchev–Trinajstić information content (AvgIpc) is 2.51.